The highest BCUT2D eigenvalue weighted by atomic mass is 32.1. The lowest BCUT2D eigenvalue weighted by atomic mass is 10.2. The van der Waals surface area contributed by atoms with Crippen LogP contribution in [0.3, 0.4) is 0 Å². The Kier molecular flexibility index (Phi) is 8.73. The average Bonchev–Trinajstić information content (AvgIpc) is 3.40. The number of carbonyl (C=O) groups is 3. The smallest absolute Gasteiger partial charge is 0.273 e. The first-order chi connectivity index (χ1) is 17.9. The number of piperazine rings is 1. The summed E-state index contributed by atoms with van der Waals surface area (Å²) in [7, 11) is 1.60. The van der Waals surface area contributed by atoms with Gasteiger partial charge in [0.1, 0.15) is 11.4 Å². The molecule has 194 valence electrons. The van der Waals surface area contributed by atoms with Crippen LogP contribution in [0.2, 0.25) is 0 Å². The number of nitrogens with zero attached hydrogens (tertiary/aromatic N) is 4. The Labute approximate surface area is 220 Å². The molecule has 0 atom stereocenters. The van der Waals surface area contributed by atoms with E-state index in [1.54, 1.807) is 34.1 Å². The van der Waals surface area contributed by atoms with Gasteiger partial charge in [0.2, 0.25) is 11.8 Å². The molecule has 0 aliphatic carbocycles. The molecule has 0 saturated carbocycles. The quantitative estimate of drug-likeness (QED) is 0.462. The fraction of sp³-hybridized carbons (Fsp3) is 0.333. The van der Waals surface area contributed by atoms with Crippen molar-refractivity contribution in [2.24, 2.45) is 0 Å². The van der Waals surface area contributed by atoms with Crippen LogP contribution in [0.15, 0.2) is 60.0 Å². The Hall–Kier alpha value is -3.92. The van der Waals surface area contributed by atoms with Crippen LogP contribution in [-0.2, 0) is 16.1 Å². The first-order valence-electron chi connectivity index (χ1n) is 12.2. The summed E-state index contributed by atoms with van der Waals surface area (Å²) in [6.45, 7) is 4.28. The topological polar surface area (TPSA) is 95.1 Å². The summed E-state index contributed by atoms with van der Waals surface area (Å²) in [5.74, 6) is 0.446. The van der Waals surface area contributed by atoms with Crippen molar-refractivity contribution in [2.75, 3.05) is 45.2 Å². The third kappa shape index (κ3) is 6.85. The number of methoxy groups -OCH3 is 1. The third-order valence-corrected chi connectivity index (χ3v) is 7.01. The zero-order valence-corrected chi connectivity index (χ0v) is 21.9. The maximum atomic E-state index is 13.5. The van der Waals surface area contributed by atoms with Crippen molar-refractivity contribution in [3.8, 4) is 5.75 Å². The van der Waals surface area contributed by atoms with Crippen molar-refractivity contribution in [3.63, 3.8) is 0 Å². The van der Waals surface area contributed by atoms with Gasteiger partial charge >= 0.3 is 0 Å². The summed E-state index contributed by atoms with van der Waals surface area (Å²) in [5, 5.41) is 5.51. The number of para-hydroxylation sites is 2. The fourth-order valence-corrected chi connectivity index (χ4v) is 4.87. The lowest BCUT2D eigenvalue weighted by Gasteiger charge is -2.34. The van der Waals surface area contributed by atoms with E-state index < -0.39 is 0 Å². The highest BCUT2D eigenvalue weighted by molar-refractivity contribution is 7.14. The van der Waals surface area contributed by atoms with Crippen LogP contribution >= 0.6 is 11.3 Å². The summed E-state index contributed by atoms with van der Waals surface area (Å²) in [6.07, 6.45) is 0.203. The van der Waals surface area contributed by atoms with Gasteiger partial charge in [-0.3, -0.25) is 14.4 Å². The molecule has 1 aliphatic rings. The average molecular weight is 522 g/mol. The monoisotopic (exact) mass is 521 g/mol. The molecule has 2 aromatic carbocycles. The number of aromatic nitrogens is 1. The molecule has 0 bridgehead atoms. The van der Waals surface area contributed by atoms with Gasteiger partial charge in [0.05, 0.1) is 12.8 Å². The molecular formula is C27H31N5O4S. The Morgan fingerprint density at radius 2 is 1.68 bits per heavy atom. The second kappa shape index (κ2) is 12.4. The Morgan fingerprint density at radius 3 is 2.38 bits per heavy atom. The highest BCUT2D eigenvalue weighted by Crippen LogP contribution is 2.29. The van der Waals surface area contributed by atoms with Crippen LogP contribution < -0.4 is 10.1 Å². The number of thiazole rings is 1. The van der Waals surface area contributed by atoms with Gasteiger partial charge in [0.25, 0.3) is 5.91 Å². The second-order valence-corrected chi connectivity index (χ2v) is 9.57. The standard InChI is InChI=1S/C27H31N5O4S/c1-20(33)30-14-16-31(17-15-30)25(34)12-13-32(18-21-8-4-3-5-9-21)26(35)23-19-37-27(29-23)28-22-10-6-7-11-24(22)36-2/h3-11,19H,12-18H2,1-2H3,(H,28,29). The van der Waals surface area contributed by atoms with Crippen molar-refractivity contribution >= 4 is 39.9 Å². The summed E-state index contributed by atoms with van der Waals surface area (Å²) in [5.41, 5.74) is 2.05. The van der Waals surface area contributed by atoms with Crippen LogP contribution in [0.5, 0.6) is 5.75 Å². The van der Waals surface area contributed by atoms with E-state index in [9.17, 15) is 14.4 Å². The molecule has 0 spiro atoms. The first-order valence-corrected chi connectivity index (χ1v) is 13.0. The van der Waals surface area contributed by atoms with Gasteiger partial charge < -0.3 is 24.8 Å². The van der Waals surface area contributed by atoms with Gasteiger partial charge in [-0.25, -0.2) is 4.98 Å². The van der Waals surface area contributed by atoms with Gasteiger partial charge in [-0.2, -0.15) is 0 Å². The van der Waals surface area contributed by atoms with Crippen LogP contribution in [0.25, 0.3) is 0 Å². The summed E-state index contributed by atoms with van der Waals surface area (Å²) in [6, 6.07) is 17.2. The minimum atomic E-state index is -0.234. The molecule has 3 aromatic rings. The number of hydrogen-bond acceptors (Lipinski definition) is 7. The van der Waals surface area contributed by atoms with E-state index in [1.807, 2.05) is 54.6 Å². The van der Waals surface area contributed by atoms with Crippen LogP contribution in [0.4, 0.5) is 10.8 Å². The second-order valence-electron chi connectivity index (χ2n) is 8.71. The molecule has 10 heteroatoms. The molecule has 3 amide bonds. The Bertz CT molecular complexity index is 1220. The van der Waals surface area contributed by atoms with Crippen LogP contribution in [-0.4, -0.2) is 77.2 Å². The van der Waals surface area contributed by atoms with Gasteiger partial charge in [-0.15, -0.1) is 11.3 Å². The SMILES string of the molecule is COc1ccccc1Nc1nc(C(=O)N(CCC(=O)N2CCN(C(C)=O)CC2)Cc2ccccc2)cs1. The maximum Gasteiger partial charge on any atom is 0.273 e. The van der Waals surface area contributed by atoms with E-state index in [1.165, 1.54) is 11.3 Å². The van der Waals surface area contributed by atoms with Crippen molar-refractivity contribution in [1.82, 2.24) is 19.7 Å². The molecule has 0 unspecified atom stereocenters. The molecule has 1 aromatic heterocycles. The lowest BCUT2D eigenvalue weighted by Crippen LogP contribution is -2.50. The minimum Gasteiger partial charge on any atom is -0.495 e. The van der Waals surface area contributed by atoms with Gasteiger partial charge in [0, 0.05) is 58.0 Å². The number of ether oxygens (including phenoxy) is 1. The van der Waals surface area contributed by atoms with Crippen molar-refractivity contribution in [1.29, 1.82) is 0 Å². The first kappa shape index (κ1) is 26.2. The summed E-state index contributed by atoms with van der Waals surface area (Å²) >= 11 is 1.33. The van der Waals surface area contributed by atoms with E-state index >= 15 is 0 Å². The normalized spacial score (nSPS) is 13.2. The number of nitrogens with one attached hydrogen (secondary N) is 1. The maximum absolute atomic E-state index is 13.5. The molecule has 4 rings (SSSR count). The summed E-state index contributed by atoms with van der Waals surface area (Å²) < 4.78 is 5.38. The van der Waals surface area contributed by atoms with E-state index in [0.717, 1.165) is 11.3 Å². The minimum absolute atomic E-state index is 0.0223. The molecule has 2 heterocycles. The number of rotatable bonds is 9. The van der Waals surface area contributed by atoms with E-state index in [0.29, 0.717) is 49.3 Å². The molecular weight excluding hydrogens is 490 g/mol. The van der Waals surface area contributed by atoms with Gasteiger partial charge in [-0.05, 0) is 17.7 Å². The van der Waals surface area contributed by atoms with Crippen LogP contribution in [0, 0.1) is 0 Å². The largest absolute Gasteiger partial charge is 0.495 e. The summed E-state index contributed by atoms with van der Waals surface area (Å²) in [4.78, 5) is 47.7. The molecule has 1 aliphatic heterocycles. The predicted octanol–water partition coefficient (Wildman–Crippen LogP) is 3.62. The number of carbonyl (C=O) groups excluding carboxylic acids is 3. The number of benzene rings is 2. The zero-order chi connectivity index (χ0) is 26.2. The molecule has 1 N–H and O–H groups in total. The lowest BCUT2D eigenvalue weighted by molar-refractivity contribution is -0.138. The highest BCUT2D eigenvalue weighted by Gasteiger charge is 2.25. The van der Waals surface area contributed by atoms with Crippen molar-refractivity contribution in [2.45, 2.75) is 19.9 Å². The van der Waals surface area contributed by atoms with Gasteiger partial charge in [-0.1, -0.05) is 42.5 Å². The van der Waals surface area contributed by atoms with E-state index in [-0.39, 0.29) is 30.7 Å². The molecule has 37 heavy (non-hydrogen) atoms. The Balaban J connectivity index is 1.43. The molecule has 9 nitrogen and oxygen atoms in total. The fourth-order valence-electron chi connectivity index (χ4n) is 4.17. The van der Waals surface area contributed by atoms with E-state index in [2.05, 4.69) is 10.3 Å². The zero-order valence-electron chi connectivity index (χ0n) is 21.1. The van der Waals surface area contributed by atoms with Crippen LogP contribution in [0.1, 0.15) is 29.4 Å². The van der Waals surface area contributed by atoms with Crippen molar-refractivity contribution < 1.29 is 19.1 Å². The van der Waals surface area contributed by atoms with Crippen molar-refractivity contribution in [3.05, 3.63) is 71.2 Å². The molecule has 0 radical (unpaired) electrons. The number of hydrogen-bond donors (Lipinski definition) is 1. The predicted molar refractivity (Wildman–Crippen MR) is 143 cm³/mol. The molecule has 1 saturated heterocycles. The molecule has 1 fully saturated rings. The van der Waals surface area contributed by atoms with E-state index in [4.69, 9.17) is 4.74 Å². The third-order valence-electron chi connectivity index (χ3n) is 6.25. The Morgan fingerprint density at radius 1 is 1.00 bits per heavy atom. The van der Waals surface area contributed by atoms with Gasteiger partial charge in [0.15, 0.2) is 5.13 Å². The number of anilines is 2. The number of amides is 3.